The number of benzene rings is 1. The van der Waals surface area contributed by atoms with Crippen LogP contribution in [-0.2, 0) is 6.42 Å². The van der Waals surface area contributed by atoms with Crippen LogP contribution in [0.2, 0.25) is 0 Å². The Kier molecular flexibility index (Phi) is 5.43. The zero-order valence-electron chi connectivity index (χ0n) is 11.1. The molecule has 0 spiro atoms. The monoisotopic (exact) mass is 350 g/mol. The normalized spacial score (nSPS) is 10.1. The van der Waals surface area contributed by atoms with Crippen LogP contribution in [0.4, 0.5) is 5.82 Å². The third kappa shape index (κ3) is 4.54. The number of thiocarbonyl (C=S) groups is 1. The average Bonchev–Trinajstić information content (AvgIpc) is 2.41. The minimum atomic E-state index is 0.541. The summed E-state index contributed by atoms with van der Waals surface area (Å²) < 4.78 is 0.642. The maximum atomic E-state index is 5.23. The molecule has 0 unspecified atom stereocenters. The molecule has 20 heavy (non-hydrogen) atoms. The summed E-state index contributed by atoms with van der Waals surface area (Å²) >= 11 is 8.54. The molecule has 2 N–H and O–H groups in total. The van der Waals surface area contributed by atoms with Gasteiger partial charge in [-0.1, -0.05) is 29.8 Å². The zero-order valence-corrected chi connectivity index (χ0v) is 13.5. The van der Waals surface area contributed by atoms with Crippen molar-refractivity contribution in [1.29, 1.82) is 0 Å². The second-order valence-corrected chi connectivity index (χ2v) is 5.48. The minimum Gasteiger partial charge on any atom is -0.362 e. The standard InChI is InChI=1S/C14H15BrN4S/c1-10-3-2-4-11(9-10)5-6-18-14(20)19-13-12(15)16-7-8-17-13/h2-4,7-9H,5-6H2,1H3,(H2,17,18,19,20). The lowest BCUT2D eigenvalue weighted by molar-refractivity contribution is 0.871. The summed E-state index contributed by atoms with van der Waals surface area (Å²) in [5.74, 6) is 0.612. The number of halogens is 1. The Bertz CT molecular complexity index is 603. The molecule has 0 saturated carbocycles. The van der Waals surface area contributed by atoms with E-state index in [4.69, 9.17) is 12.2 Å². The Morgan fingerprint density at radius 2 is 2.10 bits per heavy atom. The Balaban J connectivity index is 1.80. The van der Waals surface area contributed by atoms with Crippen LogP contribution in [0, 0.1) is 6.92 Å². The lowest BCUT2D eigenvalue weighted by atomic mass is 10.1. The second-order valence-electron chi connectivity index (χ2n) is 4.32. The summed E-state index contributed by atoms with van der Waals surface area (Å²) in [6.45, 7) is 2.86. The van der Waals surface area contributed by atoms with Gasteiger partial charge in [0.15, 0.2) is 10.9 Å². The van der Waals surface area contributed by atoms with Crippen molar-refractivity contribution >= 4 is 39.1 Å². The summed E-state index contributed by atoms with van der Waals surface area (Å²) in [6.07, 6.45) is 4.15. The number of aryl methyl sites for hydroxylation is 1. The van der Waals surface area contributed by atoms with Gasteiger partial charge in [-0.3, -0.25) is 0 Å². The molecule has 6 heteroatoms. The molecule has 0 aliphatic rings. The molecule has 1 aromatic heterocycles. The van der Waals surface area contributed by atoms with Crippen molar-refractivity contribution in [2.24, 2.45) is 0 Å². The molecular weight excluding hydrogens is 336 g/mol. The Morgan fingerprint density at radius 1 is 1.30 bits per heavy atom. The van der Waals surface area contributed by atoms with E-state index in [-0.39, 0.29) is 0 Å². The topological polar surface area (TPSA) is 49.8 Å². The van der Waals surface area contributed by atoms with Crippen molar-refractivity contribution in [2.45, 2.75) is 13.3 Å². The summed E-state index contributed by atoms with van der Waals surface area (Å²) in [4.78, 5) is 8.22. The van der Waals surface area contributed by atoms with Gasteiger partial charge in [0.2, 0.25) is 0 Å². The molecule has 0 atom stereocenters. The predicted octanol–water partition coefficient (Wildman–Crippen LogP) is 3.08. The Hall–Kier alpha value is -1.53. The maximum Gasteiger partial charge on any atom is 0.172 e. The molecule has 0 aliphatic carbocycles. The van der Waals surface area contributed by atoms with Crippen molar-refractivity contribution in [1.82, 2.24) is 15.3 Å². The van der Waals surface area contributed by atoms with Crippen LogP contribution in [0.5, 0.6) is 0 Å². The van der Waals surface area contributed by atoms with Crippen molar-refractivity contribution in [2.75, 3.05) is 11.9 Å². The molecule has 0 bridgehead atoms. The fraction of sp³-hybridized carbons (Fsp3) is 0.214. The number of hydrogen-bond donors (Lipinski definition) is 2. The number of anilines is 1. The first-order chi connectivity index (χ1) is 9.65. The van der Waals surface area contributed by atoms with E-state index in [1.165, 1.54) is 11.1 Å². The largest absolute Gasteiger partial charge is 0.362 e. The van der Waals surface area contributed by atoms with Gasteiger partial charge in [-0.25, -0.2) is 9.97 Å². The summed E-state index contributed by atoms with van der Waals surface area (Å²) in [5, 5.41) is 6.71. The molecule has 4 nitrogen and oxygen atoms in total. The SMILES string of the molecule is Cc1cccc(CCNC(=S)Nc2nccnc2Br)c1. The first kappa shape index (κ1) is 14.9. The van der Waals surface area contributed by atoms with Crippen LogP contribution in [0.25, 0.3) is 0 Å². The average molecular weight is 351 g/mol. The zero-order chi connectivity index (χ0) is 14.4. The van der Waals surface area contributed by atoms with Crippen molar-refractivity contribution in [3.8, 4) is 0 Å². The van der Waals surface area contributed by atoms with E-state index >= 15 is 0 Å². The second kappa shape index (κ2) is 7.31. The van der Waals surface area contributed by atoms with Gasteiger partial charge in [0.25, 0.3) is 0 Å². The molecule has 0 aliphatic heterocycles. The van der Waals surface area contributed by atoms with Crippen LogP contribution < -0.4 is 10.6 Å². The number of nitrogens with zero attached hydrogens (tertiary/aromatic N) is 2. The van der Waals surface area contributed by atoms with E-state index in [2.05, 4.69) is 67.7 Å². The molecule has 0 amide bonds. The fourth-order valence-corrected chi connectivity index (χ4v) is 2.26. The summed E-state index contributed by atoms with van der Waals surface area (Å²) in [7, 11) is 0. The summed E-state index contributed by atoms with van der Waals surface area (Å²) in [6, 6.07) is 8.45. The van der Waals surface area contributed by atoms with E-state index in [1.807, 2.05) is 0 Å². The lowest BCUT2D eigenvalue weighted by Crippen LogP contribution is -2.30. The molecule has 0 radical (unpaired) electrons. The highest BCUT2D eigenvalue weighted by atomic mass is 79.9. The van der Waals surface area contributed by atoms with Crippen molar-refractivity contribution in [3.63, 3.8) is 0 Å². The van der Waals surface area contributed by atoms with Crippen LogP contribution in [0.1, 0.15) is 11.1 Å². The molecule has 104 valence electrons. The maximum absolute atomic E-state index is 5.23. The summed E-state index contributed by atoms with van der Waals surface area (Å²) in [5.41, 5.74) is 2.56. The first-order valence-electron chi connectivity index (χ1n) is 6.22. The van der Waals surface area contributed by atoms with Gasteiger partial charge in [-0.05, 0) is 47.1 Å². The first-order valence-corrected chi connectivity index (χ1v) is 7.42. The highest BCUT2D eigenvalue weighted by molar-refractivity contribution is 9.10. The van der Waals surface area contributed by atoms with Crippen molar-refractivity contribution < 1.29 is 0 Å². The van der Waals surface area contributed by atoms with E-state index < -0.39 is 0 Å². The quantitative estimate of drug-likeness (QED) is 0.829. The molecule has 1 heterocycles. The Morgan fingerprint density at radius 3 is 2.85 bits per heavy atom. The highest BCUT2D eigenvalue weighted by Gasteiger charge is 2.03. The Labute approximate surface area is 132 Å². The van der Waals surface area contributed by atoms with E-state index in [9.17, 15) is 0 Å². The minimum absolute atomic E-state index is 0.541. The third-order valence-corrected chi connectivity index (χ3v) is 3.49. The van der Waals surface area contributed by atoms with Crippen LogP contribution >= 0.6 is 28.1 Å². The number of rotatable bonds is 4. The van der Waals surface area contributed by atoms with E-state index in [0.29, 0.717) is 15.5 Å². The van der Waals surface area contributed by atoms with Gasteiger partial charge in [0.05, 0.1) is 0 Å². The van der Waals surface area contributed by atoms with E-state index in [1.54, 1.807) is 12.4 Å². The molecule has 2 aromatic rings. The number of aromatic nitrogens is 2. The lowest BCUT2D eigenvalue weighted by Gasteiger charge is -2.10. The van der Waals surface area contributed by atoms with Gasteiger partial charge in [0, 0.05) is 18.9 Å². The molecular formula is C14H15BrN4S. The third-order valence-electron chi connectivity index (χ3n) is 2.67. The molecule has 1 aromatic carbocycles. The van der Waals surface area contributed by atoms with Crippen LogP contribution in [-0.4, -0.2) is 21.6 Å². The van der Waals surface area contributed by atoms with E-state index in [0.717, 1.165) is 13.0 Å². The van der Waals surface area contributed by atoms with Gasteiger partial charge in [-0.2, -0.15) is 0 Å². The molecule has 0 fully saturated rings. The molecule has 0 saturated heterocycles. The predicted molar refractivity (Wildman–Crippen MR) is 88.8 cm³/mol. The number of hydrogen-bond acceptors (Lipinski definition) is 3. The highest BCUT2D eigenvalue weighted by Crippen LogP contribution is 2.14. The van der Waals surface area contributed by atoms with Gasteiger partial charge in [-0.15, -0.1) is 0 Å². The number of nitrogens with one attached hydrogen (secondary N) is 2. The fourth-order valence-electron chi connectivity index (χ4n) is 1.74. The van der Waals surface area contributed by atoms with Gasteiger partial charge >= 0.3 is 0 Å². The van der Waals surface area contributed by atoms with Crippen LogP contribution in [0.3, 0.4) is 0 Å². The van der Waals surface area contributed by atoms with Gasteiger partial charge < -0.3 is 10.6 Å². The smallest absolute Gasteiger partial charge is 0.172 e. The van der Waals surface area contributed by atoms with Gasteiger partial charge in [0.1, 0.15) is 4.60 Å². The van der Waals surface area contributed by atoms with Crippen LogP contribution in [0.15, 0.2) is 41.3 Å². The van der Waals surface area contributed by atoms with Crippen molar-refractivity contribution in [3.05, 3.63) is 52.4 Å². The molecule has 2 rings (SSSR count).